The summed E-state index contributed by atoms with van der Waals surface area (Å²) in [6.45, 7) is 3.60. The number of nitro groups is 1. The van der Waals surface area contributed by atoms with Crippen molar-refractivity contribution in [1.82, 2.24) is 0 Å². The molecule has 1 aliphatic carbocycles. The van der Waals surface area contributed by atoms with E-state index in [9.17, 15) is 20.0 Å². The molecule has 98 valence electrons. The second kappa shape index (κ2) is 5.95. The van der Waals surface area contributed by atoms with Crippen LogP contribution in [-0.2, 0) is 9.53 Å². The highest BCUT2D eigenvalue weighted by atomic mass is 16.6. The third kappa shape index (κ3) is 3.15. The Morgan fingerprint density at radius 2 is 2.24 bits per heavy atom. The molecule has 0 heterocycles. The average molecular weight is 245 g/mol. The Morgan fingerprint density at radius 3 is 2.76 bits per heavy atom. The summed E-state index contributed by atoms with van der Waals surface area (Å²) in [4.78, 5) is 22.1. The van der Waals surface area contributed by atoms with E-state index in [1.807, 2.05) is 0 Å². The zero-order chi connectivity index (χ0) is 13.0. The van der Waals surface area contributed by atoms with Crippen LogP contribution in [0.15, 0.2) is 0 Å². The number of nitrogens with zero attached hydrogens (tertiary/aromatic N) is 1. The Morgan fingerprint density at radius 1 is 1.59 bits per heavy atom. The van der Waals surface area contributed by atoms with Gasteiger partial charge >= 0.3 is 5.97 Å². The quantitative estimate of drug-likeness (QED) is 0.453. The van der Waals surface area contributed by atoms with Gasteiger partial charge in [0.25, 0.3) is 0 Å². The minimum atomic E-state index is -1.05. The number of aliphatic hydroxyl groups excluding tert-OH is 1. The maximum absolute atomic E-state index is 11.6. The number of esters is 1. The summed E-state index contributed by atoms with van der Waals surface area (Å²) in [5.41, 5.74) is 0. The Kier molecular flexibility index (Phi) is 4.86. The summed E-state index contributed by atoms with van der Waals surface area (Å²) >= 11 is 0. The summed E-state index contributed by atoms with van der Waals surface area (Å²) in [6, 6.07) is -1.05. The minimum absolute atomic E-state index is 0.265. The number of hydrogen-bond acceptors (Lipinski definition) is 5. The van der Waals surface area contributed by atoms with Crippen molar-refractivity contribution in [3.63, 3.8) is 0 Å². The number of aliphatic hydroxyl groups is 1. The molecule has 6 heteroatoms. The Balaban J connectivity index is 2.78. The van der Waals surface area contributed by atoms with Crippen LogP contribution >= 0.6 is 0 Å². The summed E-state index contributed by atoms with van der Waals surface area (Å²) in [6.07, 6.45) is 0.765. The largest absolute Gasteiger partial charge is 0.466 e. The first kappa shape index (κ1) is 13.9. The van der Waals surface area contributed by atoms with Crippen molar-refractivity contribution in [2.45, 2.75) is 45.3 Å². The first-order valence-corrected chi connectivity index (χ1v) is 5.97. The molecule has 1 fully saturated rings. The highest BCUT2D eigenvalue weighted by Gasteiger charge is 2.45. The van der Waals surface area contributed by atoms with E-state index in [4.69, 9.17) is 4.74 Å². The third-order valence-electron chi connectivity index (χ3n) is 3.41. The van der Waals surface area contributed by atoms with E-state index in [2.05, 4.69) is 0 Å². The van der Waals surface area contributed by atoms with Crippen LogP contribution in [0.3, 0.4) is 0 Å². The standard InChI is InChI=1S/C11H19NO5/c1-3-17-11(14)7(2)8-5-4-6-9(13)10(8)12(15)16/h7-10,13H,3-6H2,1-2H3/t7-,8-,9-,10-/m1/s1. The average Bonchev–Trinajstić information content (AvgIpc) is 2.27. The number of ether oxygens (including phenoxy) is 1. The Bertz CT molecular complexity index is 294. The highest BCUT2D eigenvalue weighted by molar-refractivity contribution is 5.72. The molecule has 0 aromatic rings. The lowest BCUT2D eigenvalue weighted by Gasteiger charge is -2.32. The van der Waals surface area contributed by atoms with Gasteiger partial charge < -0.3 is 9.84 Å². The topological polar surface area (TPSA) is 89.7 Å². The first-order chi connectivity index (χ1) is 7.99. The Labute approximate surface area is 100 Å². The molecule has 0 bridgehead atoms. The summed E-state index contributed by atoms with van der Waals surface area (Å²) in [5, 5.41) is 20.6. The lowest BCUT2D eigenvalue weighted by atomic mass is 9.76. The fourth-order valence-electron chi connectivity index (χ4n) is 2.48. The van der Waals surface area contributed by atoms with Gasteiger partial charge in [-0.3, -0.25) is 14.9 Å². The summed E-state index contributed by atoms with van der Waals surface area (Å²) in [5.74, 6) is -1.40. The maximum atomic E-state index is 11.6. The van der Waals surface area contributed by atoms with Gasteiger partial charge in [-0.1, -0.05) is 13.3 Å². The maximum Gasteiger partial charge on any atom is 0.309 e. The number of carbonyl (C=O) groups excluding carboxylic acids is 1. The molecule has 0 radical (unpaired) electrons. The van der Waals surface area contributed by atoms with Crippen molar-refractivity contribution in [3.8, 4) is 0 Å². The van der Waals surface area contributed by atoms with Crippen molar-refractivity contribution in [2.75, 3.05) is 6.61 Å². The molecule has 0 amide bonds. The van der Waals surface area contributed by atoms with Gasteiger partial charge in [0.1, 0.15) is 6.10 Å². The van der Waals surface area contributed by atoms with Crippen LogP contribution < -0.4 is 0 Å². The smallest absolute Gasteiger partial charge is 0.309 e. The van der Waals surface area contributed by atoms with Crippen LogP contribution in [-0.4, -0.2) is 34.8 Å². The fourth-order valence-corrected chi connectivity index (χ4v) is 2.48. The number of carbonyl (C=O) groups is 1. The Hall–Kier alpha value is -1.17. The normalized spacial score (nSPS) is 30.6. The van der Waals surface area contributed by atoms with Crippen LogP contribution in [0.4, 0.5) is 0 Å². The second-order valence-corrected chi connectivity index (χ2v) is 4.48. The van der Waals surface area contributed by atoms with Crippen LogP contribution in [0, 0.1) is 22.0 Å². The molecular formula is C11H19NO5. The predicted molar refractivity (Wildman–Crippen MR) is 59.9 cm³/mol. The zero-order valence-corrected chi connectivity index (χ0v) is 10.2. The second-order valence-electron chi connectivity index (χ2n) is 4.48. The molecule has 1 rings (SSSR count). The monoisotopic (exact) mass is 245 g/mol. The summed E-state index contributed by atoms with van der Waals surface area (Å²) in [7, 11) is 0. The van der Waals surface area contributed by atoms with Crippen LogP contribution in [0.5, 0.6) is 0 Å². The van der Waals surface area contributed by atoms with Gasteiger partial charge in [-0.15, -0.1) is 0 Å². The fraction of sp³-hybridized carbons (Fsp3) is 0.909. The molecule has 4 atom stereocenters. The third-order valence-corrected chi connectivity index (χ3v) is 3.41. The molecule has 0 aliphatic heterocycles. The zero-order valence-electron chi connectivity index (χ0n) is 10.2. The van der Waals surface area contributed by atoms with E-state index in [0.29, 0.717) is 19.3 Å². The van der Waals surface area contributed by atoms with Crippen molar-refractivity contribution in [2.24, 2.45) is 11.8 Å². The lowest BCUT2D eigenvalue weighted by Crippen LogP contribution is -2.47. The van der Waals surface area contributed by atoms with Gasteiger partial charge in [0.05, 0.1) is 12.5 Å². The van der Waals surface area contributed by atoms with Crippen LogP contribution in [0.1, 0.15) is 33.1 Å². The molecule has 0 unspecified atom stereocenters. The van der Waals surface area contributed by atoms with Gasteiger partial charge in [-0.25, -0.2) is 0 Å². The molecule has 0 aromatic carbocycles. The molecule has 0 spiro atoms. The number of rotatable bonds is 4. The molecule has 6 nitrogen and oxygen atoms in total. The van der Waals surface area contributed by atoms with Crippen LogP contribution in [0.2, 0.25) is 0 Å². The van der Waals surface area contributed by atoms with Gasteiger partial charge in [-0.2, -0.15) is 0 Å². The van der Waals surface area contributed by atoms with Gasteiger partial charge in [0.15, 0.2) is 0 Å². The minimum Gasteiger partial charge on any atom is -0.466 e. The van der Waals surface area contributed by atoms with Crippen molar-refractivity contribution < 1.29 is 19.6 Å². The van der Waals surface area contributed by atoms with Gasteiger partial charge in [0, 0.05) is 10.8 Å². The van der Waals surface area contributed by atoms with E-state index < -0.39 is 34.9 Å². The van der Waals surface area contributed by atoms with Crippen LogP contribution in [0.25, 0.3) is 0 Å². The van der Waals surface area contributed by atoms with Gasteiger partial charge in [-0.05, 0) is 19.8 Å². The highest BCUT2D eigenvalue weighted by Crippen LogP contribution is 2.33. The molecule has 0 aromatic heterocycles. The lowest BCUT2D eigenvalue weighted by molar-refractivity contribution is -0.548. The molecular weight excluding hydrogens is 226 g/mol. The molecule has 1 saturated carbocycles. The van der Waals surface area contributed by atoms with E-state index in [1.54, 1.807) is 13.8 Å². The molecule has 0 saturated heterocycles. The predicted octanol–water partition coefficient (Wildman–Crippen LogP) is 0.992. The van der Waals surface area contributed by atoms with Crippen molar-refractivity contribution >= 4 is 5.97 Å². The van der Waals surface area contributed by atoms with Gasteiger partial charge in [0.2, 0.25) is 6.04 Å². The van der Waals surface area contributed by atoms with Crippen molar-refractivity contribution in [3.05, 3.63) is 10.1 Å². The molecule has 1 aliphatic rings. The van der Waals surface area contributed by atoms with E-state index in [0.717, 1.165) is 0 Å². The van der Waals surface area contributed by atoms with E-state index in [1.165, 1.54) is 0 Å². The van der Waals surface area contributed by atoms with E-state index >= 15 is 0 Å². The van der Waals surface area contributed by atoms with E-state index in [-0.39, 0.29) is 6.61 Å². The van der Waals surface area contributed by atoms with Crippen molar-refractivity contribution in [1.29, 1.82) is 0 Å². The summed E-state index contributed by atoms with van der Waals surface area (Å²) < 4.78 is 4.88. The molecule has 17 heavy (non-hydrogen) atoms. The number of hydrogen-bond donors (Lipinski definition) is 1. The first-order valence-electron chi connectivity index (χ1n) is 5.97. The molecule has 1 N–H and O–H groups in total. The SMILES string of the molecule is CCOC(=O)[C@H](C)[C@H]1CCC[C@@H](O)[C@@H]1[N+](=O)[O-].